The van der Waals surface area contributed by atoms with Crippen LogP contribution in [0.5, 0.6) is 5.75 Å². The Morgan fingerprint density at radius 1 is 1.45 bits per heavy atom. The van der Waals surface area contributed by atoms with Crippen molar-refractivity contribution in [3.8, 4) is 5.75 Å². The maximum absolute atomic E-state index is 9.19. The van der Waals surface area contributed by atoms with Crippen LogP contribution in [0.25, 0.3) is 0 Å². The molecule has 11 heavy (non-hydrogen) atoms. The van der Waals surface area contributed by atoms with Gasteiger partial charge < -0.3 is 9.94 Å². The zero-order valence-electron chi connectivity index (χ0n) is 6.19. The van der Waals surface area contributed by atoms with Crippen molar-refractivity contribution < 1.29 is 9.94 Å². The van der Waals surface area contributed by atoms with E-state index in [0.29, 0.717) is 5.56 Å². The molecule has 0 saturated carbocycles. The minimum atomic E-state index is 0.202. The van der Waals surface area contributed by atoms with E-state index in [9.17, 15) is 5.11 Å². The second kappa shape index (κ2) is 3.61. The minimum absolute atomic E-state index is 0.202. The third-order valence-corrected chi connectivity index (χ3v) is 1.23. The Morgan fingerprint density at radius 3 is 2.82 bits per heavy atom. The van der Waals surface area contributed by atoms with Gasteiger partial charge in [-0.05, 0) is 12.1 Å². The maximum atomic E-state index is 9.19. The number of para-hydroxylation sites is 1. The predicted octanol–water partition coefficient (Wildman–Crippen LogP) is 1.37. The molecule has 3 heteroatoms. The number of benzene rings is 1. The van der Waals surface area contributed by atoms with Crippen LogP contribution in [0.1, 0.15) is 5.56 Å². The molecule has 0 spiro atoms. The smallest absolute Gasteiger partial charge is 0.124 e. The summed E-state index contributed by atoms with van der Waals surface area (Å²) >= 11 is 0. The number of rotatable bonds is 2. The second-order valence-corrected chi connectivity index (χ2v) is 1.98. The van der Waals surface area contributed by atoms with Gasteiger partial charge in [0.1, 0.15) is 12.9 Å². The number of phenolic OH excluding ortho intramolecular Hbond substituents is 1. The third-order valence-electron chi connectivity index (χ3n) is 1.23. The van der Waals surface area contributed by atoms with Crippen molar-refractivity contribution >= 4 is 6.21 Å². The molecule has 0 aliphatic heterocycles. The highest BCUT2D eigenvalue weighted by atomic mass is 16.6. The molecule has 58 valence electrons. The average molecular weight is 151 g/mol. The maximum Gasteiger partial charge on any atom is 0.124 e. The van der Waals surface area contributed by atoms with Crippen molar-refractivity contribution in [3.63, 3.8) is 0 Å². The SMILES string of the molecule is CO/N=C\c1ccccc1O. The molecule has 0 aliphatic carbocycles. The summed E-state index contributed by atoms with van der Waals surface area (Å²) in [5, 5.41) is 12.7. The number of phenols is 1. The fourth-order valence-electron chi connectivity index (χ4n) is 0.706. The molecule has 1 rings (SSSR count). The fraction of sp³-hybridized carbons (Fsp3) is 0.125. The molecule has 0 aliphatic rings. The highest BCUT2D eigenvalue weighted by Gasteiger charge is 1.93. The lowest BCUT2D eigenvalue weighted by Gasteiger charge is -1.94. The normalized spacial score (nSPS) is 10.3. The molecule has 0 saturated heterocycles. The van der Waals surface area contributed by atoms with Gasteiger partial charge in [-0.3, -0.25) is 0 Å². The van der Waals surface area contributed by atoms with Crippen LogP contribution in [-0.4, -0.2) is 18.4 Å². The molecular weight excluding hydrogens is 142 g/mol. The summed E-state index contributed by atoms with van der Waals surface area (Å²) in [6, 6.07) is 6.91. The van der Waals surface area contributed by atoms with Crippen molar-refractivity contribution in [1.29, 1.82) is 0 Å². The van der Waals surface area contributed by atoms with E-state index in [0.717, 1.165) is 0 Å². The van der Waals surface area contributed by atoms with Crippen LogP contribution in [0.15, 0.2) is 29.4 Å². The van der Waals surface area contributed by atoms with Gasteiger partial charge in [0.25, 0.3) is 0 Å². The molecule has 0 fully saturated rings. The molecule has 1 N–H and O–H groups in total. The number of hydrogen-bond acceptors (Lipinski definition) is 3. The number of oxime groups is 1. The zero-order chi connectivity index (χ0) is 8.10. The van der Waals surface area contributed by atoms with E-state index in [-0.39, 0.29) is 5.75 Å². The van der Waals surface area contributed by atoms with Crippen LogP contribution in [0.4, 0.5) is 0 Å². The summed E-state index contributed by atoms with van der Waals surface area (Å²) < 4.78 is 0. The first-order chi connectivity index (χ1) is 5.34. The van der Waals surface area contributed by atoms with Crippen LogP contribution in [0.2, 0.25) is 0 Å². The highest BCUT2D eigenvalue weighted by Crippen LogP contribution is 2.12. The second-order valence-electron chi connectivity index (χ2n) is 1.98. The molecule has 0 aromatic heterocycles. The van der Waals surface area contributed by atoms with Gasteiger partial charge in [-0.25, -0.2) is 0 Å². The summed E-state index contributed by atoms with van der Waals surface area (Å²) in [6.45, 7) is 0. The van der Waals surface area contributed by atoms with E-state index in [4.69, 9.17) is 0 Å². The molecule has 0 radical (unpaired) electrons. The number of hydrogen-bond donors (Lipinski definition) is 1. The Hall–Kier alpha value is -1.51. The molecule has 0 amide bonds. The van der Waals surface area contributed by atoms with Gasteiger partial charge in [0.05, 0.1) is 6.21 Å². The molecule has 1 aromatic carbocycles. The van der Waals surface area contributed by atoms with Crippen LogP contribution in [0.3, 0.4) is 0 Å². The topological polar surface area (TPSA) is 41.8 Å². The van der Waals surface area contributed by atoms with Crippen molar-refractivity contribution in [1.82, 2.24) is 0 Å². The predicted molar refractivity (Wildman–Crippen MR) is 42.7 cm³/mol. The summed E-state index contributed by atoms with van der Waals surface area (Å²) in [6.07, 6.45) is 1.45. The van der Waals surface area contributed by atoms with Crippen molar-refractivity contribution in [2.24, 2.45) is 5.16 Å². The zero-order valence-corrected chi connectivity index (χ0v) is 6.19. The first-order valence-electron chi connectivity index (χ1n) is 3.19. The molecular formula is C8H9NO2. The van der Waals surface area contributed by atoms with Gasteiger partial charge in [-0.1, -0.05) is 17.3 Å². The van der Waals surface area contributed by atoms with Gasteiger partial charge in [0.2, 0.25) is 0 Å². The largest absolute Gasteiger partial charge is 0.507 e. The summed E-state index contributed by atoms with van der Waals surface area (Å²) in [5.74, 6) is 0.202. The minimum Gasteiger partial charge on any atom is -0.507 e. The molecule has 0 unspecified atom stereocenters. The van der Waals surface area contributed by atoms with E-state index >= 15 is 0 Å². The number of aromatic hydroxyl groups is 1. The molecule has 0 bridgehead atoms. The van der Waals surface area contributed by atoms with Crippen LogP contribution >= 0.6 is 0 Å². The Labute approximate surface area is 64.9 Å². The molecule has 1 aromatic rings. The Bertz CT molecular complexity index is 258. The van der Waals surface area contributed by atoms with E-state index in [1.807, 2.05) is 6.07 Å². The van der Waals surface area contributed by atoms with Gasteiger partial charge in [0.15, 0.2) is 0 Å². The van der Waals surface area contributed by atoms with Gasteiger partial charge in [-0.2, -0.15) is 0 Å². The van der Waals surface area contributed by atoms with Crippen LogP contribution in [0, 0.1) is 0 Å². The summed E-state index contributed by atoms with van der Waals surface area (Å²) in [7, 11) is 1.45. The Morgan fingerprint density at radius 2 is 2.18 bits per heavy atom. The lowest BCUT2D eigenvalue weighted by atomic mass is 10.2. The van der Waals surface area contributed by atoms with Gasteiger partial charge in [0, 0.05) is 5.56 Å². The van der Waals surface area contributed by atoms with E-state index in [2.05, 4.69) is 9.99 Å². The summed E-state index contributed by atoms with van der Waals surface area (Å²) in [4.78, 5) is 4.46. The number of nitrogens with zero attached hydrogens (tertiary/aromatic N) is 1. The van der Waals surface area contributed by atoms with Crippen LogP contribution in [-0.2, 0) is 4.84 Å². The van der Waals surface area contributed by atoms with E-state index < -0.39 is 0 Å². The first kappa shape index (κ1) is 7.60. The molecule has 0 heterocycles. The van der Waals surface area contributed by atoms with E-state index in [1.165, 1.54) is 13.3 Å². The van der Waals surface area contributed by atoms with Gasteiger partial charge in [-0.15, -0.1) is 0 Å². The Kier molecular flexibility index (Phi) is 2.49. The van der Waals surface area contributed by atoms with Crippen molar-refractivity contribution in [3.05, 3.63) is 29.8 Å². The summed E-state index contributed by atoms with van der Waals surface area (Å²) in [5.41, 5.74) is 0.648. The van der Waals surface area contributed by atoms with Crippen molar-refractivity contribution in [2.45, 2.75) is 0 Å². The molecule has 0 atom stereocenters. The standard InChI is InChI=1S/C8H9NO2/c1-11-9-6-7-4-2-3-5-8(7)10/h2-6,10H,1H3/b9-6-. The monoisotopic (exact) mass is 151 g/mol. The van der Waals surface area contributed by atoms with Crippen LogP contribution < -0.4 is 0 Å². The average Bonchev–Trinajstić information content (AvgIpc) is 2.03. The lowest BCUT2D eigenvalue weighted by molar-refractivity contribution is 0.215. The molecule has 3 nitrogen and oxygen atoms in total. The van der Waals surface area contributed by atoms with E-state index in [1.54, 1.807) is 18.2 Å². The fourth-order valence-corrected chi connectivity index (χ4v) is 0.706. The van der Waals surface area contributed by atoms with Crippen molar-refractivity contribution in [2.75, 3.05) is 7.11 Å². The third kappa shape index (κ3) is 1.97. The highest BCUT2D eigenvalue weighted by molar-refractivity contribution is 5.82. The quantitative estimate of drug-likeness (QED) is 0.512. The first-order valence-corrected chi connectivity index (χ1v) is 3.19. The lowest BCUT2D eigenvalue weighted by Crippen LogP contribution is -1.81. The Balaban J connectivity index is 2.86. The van der Waals surface area contributed by atoms with Gasteiger partial charge >= 0.3 is 0 Å².